The molecule has 0 spiro atoms. The van der Waals surface area contributed by atoms with E-state index in [9.17, 15) is 10.1 Å². The third-order valence-electron chi connectivity index (χ3n) is 4.46. The lowest BCUT2D eigenvalue weighted by Crippen LogP contribution is -2.13. The van der Waals surface area contributed by atoms with Crippen LogP contribution >= 0.6 is 11.6 Å². The normalized spacial score (nSPS) is 10.9. The number of aromatic nitrogens is 1. The lowest BCUT2D eigenvalue weighted by molar-refractivity contribution is -0.112. The van der Waals surface area contributed by atoms with Crippen molar-refractivity contribution in [1.82, 2.24) is 5.16 Å². The summed E-state index contributed by atoms with van der Waals surface area (Å²) in [4.78, 5) is 12.4. The SMILES string of the molecule is COc1ccc(OCCOc2c(Cl)cc(/C=C(/C#N)C(=O)Nc3cc(C)on3)cc2OC)cc1. The second kappa shape index (κ2) is 11.6. The Bertz CT molecular complexity index is 1210. The molecule has 0 aliphatic carbocycles. The van der Waals surface area contributed by atoms with Crippen molar-refractivity contribution in [2.75, 3.05) is 32.8 Å². The largest absolute Gasteiger partial charge is 0.497 e. The molecule has 0 aliphatic heterocycles. The fourth-order valence-electron chi connectivity index (χ4n) is 2.86. The minimum absolute atomic E-state index is 0.152. The lowest BCUT2D eigenvalue weighted by atomic mass is 10.1. The van der Waals surface area contributed by atoms with E-state index in [0.29, 0.717) is 28.6 Å². The monoisotopic (exact) mass is 483 g/mol. The summed E-state index contributed by atoms with van der Waals surface area (Å²) >= 11 is 6.39. The predicted molar refractivity (Wildman–Crippen MR) is 125 cm³/mol. The second-order valence-corrected chi connectivity index (χ2v) is 7.26. The maximum absolute atomic E-state index is 12.4. The molecule has 34 heavy (non-hydrogen) atoms. The van der Waals surface area contributed by atoms with Crippen LogP contribution in [-0.4, -0.2) is 38.5 Å². The number of carbonyl (C=O) groups excluding carboxylic acids is 1. The molecule has 0 fully saturated rings. The van der Waals surface area contributed by atoms with Gasteiger partial charge >= 0.3 is 0 Å². The number of halogens is 1. The molecule has 1 heterocycles. The van der Waals surface area contributed by atoms with E-state index in [1.807, 2.05) is 6.07 Å². The molecule has 0 saturated carbocycles. The fraction of sp³-hybridized carbons (Fsp3) is 0.208. The van der Waals surface area contributed by atoms with Crippen LogP contribution in [0, 0.1) is 18.3 Å². The van der Waals surface area contributed by atoms with E-state index in [1.54, 1.807) is 50.4 Å². The molecule has 0 saturated heterocycles. The number of ether oxygens (including phenoxy) is 4. The number of rotatable bonds is 10. The first kappa shape index (κ1) is 24.5. The zero-order valence-corrected chi connectivity index (χ0v) is 19.5. The average Bonchev–Trinajstić information content (AvgIpc) is 3.25. The zero-order valence-electron chi connectivity index (χ0n) is 18.8. The van der Waals surface area contributed by atoms with Crippen molar-refractivity contribution in [2.45, 2.75) is 6.92 Å². The van der Waals surface area contributed by atoms with Gasteiger partial charge in [0.25, 0.3) is 5.91 Å². The van der Waals surface area contributed by atoms with Gasteiger partial charge in [0, 0.05) is 6.07 Å². The Morgan fingerprint density at radius 3 is 2.44 bits per heavy atom. The number of nitrogens with zero attached hydrogens (tertiary/aromatic N) is 2. The number of carbonyl (C=O) groups is 1. The highest BCUT2D eigenvalue weighted by Crippen LogP contribution is 2.37. The number of aryl methyl sites for hydroxylation is 1. The van der Waals surface area contributed by atoms with E-state index in [1.165, 1.54) is 19.3 Å². The first-order valence-electron chi connectivity index (χ1n) is 10.1. The summed E-state index contributed by atoms with van der Waals surface area (Å²) in [7, 11) is 3.06. The number of amides is 1. The Morgan fingerprint density at radius 2 is 1.82 bits per heavy atom. The molecular formula is C24H22ClN3O6. The number of hydrogen-bond donors (Lipinski definition) is 1. The van der Waals surface area contributed by atoms with Gasteiger partial charge in [-0.05, 0) is 55.0 Å². The lowest BCUT2D eigenvalue weighted by Gasteiger charge is -2.14. The molecule has 2 aromatic carbocycles. The summed E-state index contributed by atoms with van der Waals surface area (Å²) in [6, 6.07) is 13.8. The van der Waals surface area contributed by atoms with E-state index in [0.717, 1.165) is 5.75 Å². The van der Waals surface area contributed by atoms with Gasteiger partial charge in [-0.15, -0.1) is 0 Å². The fourth-order valence-corrected chi connectivity index (χ4v) is 3.14. The topological polar surface area (TPSA) is 116 Å². The summed E-state index contributed by atoms with van der Waals surface area (Å²) in [5, 5.41) is 15.9. The van der Waals surface area contributed by atoms with Gasteiger partial charge in [0.05, 0.1) is 19.2 Å². The van der Waals surface area contributed by atoms with Crippen molar-refractivity contribution in [1.29, 1.82) is 5.26 Å². The highest BCUT2D eigenvalue weighted by molar-refractivity contribution is 6.32. The maximum Gasteiger partial charge on any atom is 0.267 e. The van der Waals surface area contributed by atoms with Gasteiger partial charge in [-0.3, -0.25) is 4.79 Å². The van der Waals surface area contributed by atoms with Crippen LogP contribution in [0.1, 0.15) is 11.3 Å². The van der Waals surface area contributed by atoms with Crippen molar-refractivity contribution >= 4 is 29.4 Å². The van der Waals surface area contributed by atoms with Crippen LogP contribution < -0.4 is 24.3 Å². The van der Waals surface area contributed by atoms with Gasteiger partial charge in [0.2, 0.25) is 0 Å². The Kier molecular flexibility index (Phi) is 8.37. The Morgan fingerprint density at radius 1 is 1.12 bits per heavy atom. The van der Waals surface area contributed by atoms with Gasteiger partial charge in [-0.25, -0.2) is 0 Å². The molecule has 3 rings (SSSR count). The average molecular weight is 484 g/mol. The van der Waals surface area contributed by atoms with Crippen LogP contribution in [0.3, 0.4) is 0 Å². The van der Waals surface area contributed by atoms with Crippen LogP contribution in [0.5, 0.6) is 23.0 Å². The van der Waals surface area contributed by atoms with Crippen LogP contribution in [-0.2, 0) is 4.79 Å². The van der Waals surface area contributed by atoms with E-state index in [4.69, 9.17) is 35.1 Å². The van der Waals surface area contributed by atoms with Crippen molar-refractivity contribution in [3.8, 4) is 29.1 Å². The number of benzene rings is 2. The molecule has 0 bridgehead atoms. The summed E-state index contributed by atoms with van der Waals surface area (Å²) in [6.45, 7) is 2.17. The number of methoxy groups -OCH3 is 2. The maximum atomic E-state index is 12.4. The number of nitrogens with one attached hydrogen (secondary N) is 1. The van der Waals surface area contributed by atoms with Crippen LogP contribution in [0.4, 0.5) is 5.82 Å². The highest BCUT2D eigenvalue weighted by atomic mass is 35.5. The summed E-state index contributed by atoms with van der Waals surface area (Å²) in [5.74, 6) is 2.17. The molecule has 176 valence electrons. The molecule has 1 aromatic heterocycles. The Labute approximate surface area is 201 Å². The Hall–Kier alpha value is -4.16. The van der Waals surface area contributed by atoms with Gasteiger partial charge in [-0.1, -0.05) is 16.8 Å². The number of nitriles is 1. The second-order valence-electron chi connectivity index (χ2n) is 6.85. The minimum atomic E-state index is -0.637. The number of hydrogen-bond acceptors (Lipinski definition) is 8. The van der Waals surface area contributed by atoms with Crippen LogP contribution in [0.15, 0.2) is 52.6 Å². The smallest absolute Gasteiger partial charge is 0.267 e. The van der Waals surface area contributed by atoms with Crippen molar-refractivity contribution in [3.63, 3.8) is 0 Å². The molecule has 1 amide bonds. The van der Waals surface area contributed by atoms with Gasteiger partial charge < -0.3 is 28.8 Å². The molecular weight excluding hydrogens is 462 g/mol. The quantitative estimate of drug-likeness (QED) is 0.251. The third-order valence-corrected chi connectivity index (χ3v) is 4.74. The van der Waals surface area contributed by atoms with Crippen molar-refractivity contribution in [3.05, 3.63) is 64.4 Å². The molecule has 0 aliphatic rings. The molecule has 0 unspecified atom stereocenters. The summed E-state index contributed by atoms with van der Waals surface area (Å²) < 4.78 is 26.8. The zero-order chi connectivity index (χ0) is 24.5. The predicted octanol–water partition coefficient (Wildman–Crippen LogP) is 4.66. The molecule has 3 aromatic rings. The first-order valence-corrected chi connectivity index (χ1v) is 10.4. The standard InChI is InChI=1S/C24H22ClN3O6/c1-15-10-22(28-34-15)27-24(29)17(14-26)11-16-12-20(25)23(21(13-16)31-3)33-9-8-32-19-6-4-18(30-2)5-7-19/h4-7,10-13H,8-9H2,1-3H3,(H,27,28,29)/b17-11-. The van der Waals surface area contributed by atoms with E-state index >= 15 is 0 Å². The molecule has 0 radical (unpaired) electrons. The number of anilines is 1. The summed E-state index contributed by atoms with van der Waals surface area (Å²) in [6.07, 6.45) is 1.38. The molecule has 0 atom stereocenters. The van der Waals surface area contributed by atoms with E-state index < -0.39 is 5.91 Å². The molecule has 1 N–H and O–H groups in total. The third kappa shape index (κ3) is 6.43. The van der Waals surface area contributed by atoms with Crippen LogP contribution in [0.25, 0.3) is 6.08 Å². The summed E-state index contributed by atoms with van der Waals surface area (Å²) in [5.41, 5.74) is 0.326. The van der Waals surface area contributed by atoms with Gasteiger partial charge in [0.1, 0.15) is 42.1 Å². The highest BCUT2D eigenvalue weighted by Gasteiger charge is 2.15. The van der Waals surface area contributed by atoms with Crippen molar-refractivity contribution < 1.29 is 28.3 Å². The Balaban J connectivity index is 1.66. The van der Waals surface area contributed by atoms with Gasteiger partial charge in [-0.2, -0.15) is 5.26 Å². The van der Waals surface area contributed by atoms with E-state index in [-0.39, 0.29) is 29.6 Å². The molecule has 9 nitrogen and oxygen atoms in total. The molecule has 10 heteroatoms. The van der Waals surface area contributed by atoms with Crippen LogP contribution in [0.2, 0.25) is 5.02 Å². The van der Waals surface area contributed by atoms with Crippen molar-refractivity contribution in [2.24, 2.45) is 0 Å². The van der Waals surface area contributed by atoms with Gasteiger partial charge in [0.15, 0.2) is 17.3 Å². The first-order chi connectivity index (χ1) is 16.4. The van der Waals surface area contributed by atoms with E-state index in [2.05, 4.69) is 10.5 Å². The minimum Gasteiger partial charge on any atom is -0.497 e.